The van der Waals surface area contributed by atoms with Crippen LogP contribution in [0.1, 0.15) is 77.8 Å². The van der Waals surface area contributed by atoms with Crippen LogP contribution in [-0.4, -0.2) is 16.1 Å². The van der Waals surface area contributed by atoms with Gasteiger partial charge in [0.2, 0.25) is 5.95 Å². The van der Waals surface area contributed by atoms with Gasteiger partial charge in [0, 0.05) is 19.3 Å². The maximum Gasteiger partial charge on any atom is 0.203 e. The molecule has 0 saturated carbocycles. The van der Waals surface area contributed by atoms with Gasteiger partial charge < -0.3 is 9.88 Å². The van der Waals surface area contributed by atoms with E-state index in [1.807, 2.05) is 0 Å². The molecule has 0 spiro atoms. The van der Waals surface area contributed by atoms with Crippen molar-refractivity contribution in [3.8, 4) is 0 Å². The lowest BCUT2D eigenvalue weighted by Crippen LogP contribution is -2.11. The smallest absolute Gasteiger partial charge is 0.203 e. The van der Waals surface area contributed by atoms with Crippen molar-refractivity contribution in [2.24, 2.45) is 5.92 Å². The average molecular weight is 293 g/mol. The van der Waals surface area contributed by atoms with Crippen LogP contribution in [0.2, 0.25) is 0 Å². The Morgan fingerprint density at radius 3 is 2.29 bits per heavy atom. The lowest BCUT2D eigenvalue weighted by atomic mass is 10.1. The van der Waals surface area contributed by atoms with Crippen molar-refractivity contribution in [2.75, 3.05) is 11.9 Å². The molecule has 0 aliphatic carbocycles. The average Bonchev–Trinajstić information content (AvgIpc) is 2.76. The minimum absolute atomic E-state index is 0.655. The Balaban J connectivity index is 2.12. The summed E-state index contributed by atoms with van der Waals surface area (Å²) in [4.78, 5) is 4.58. The topological polar surface area (TPSA) is 29.9 Å². The molecule has 0 aliphatic heterocycles. The van der Waals surface area contributed by atoms with Crippen molar-refractivity contribution in [1.82, 2.24) is 9.55 Å². The van der Waals surface area contributed by atoms with E-state index in [0.717, 1.165) is 24.7 Å². The number of unbranched alkanes of at least 4 members (excludes halogenated alkanes) is 7. The molecule has 0 aromatic carbocycles. The number of hydrogen-bond donors (Lipinski definition) is 1. The van der Waals surface area contributed by atoms with Crippen LogP contribution in [0.4, 0.5) is 5.95 Å². The number of anilines is 1. The van der Waals surface area contributed by atoms with E-state index in [1.165, 1.54) is 51.4 Å². The van der Waals surface area contributed by atoms with Gasteiger partial charge in [-0.05, 0) is 19.3 Å². The molecule has 1 N–H and O–H groups in total. The fourth-order valence-corrected chi connectivity index (χ4v) is 2.68. The summed E-state index contributed by atoms with van der Waals surface area (Å²) in [6, 6.07) is 0. The summed E-state index contributed by atoms with van der Waals surface area (Å²) in [5.74, 6) is 1.70. The zero-order valence-corrected chi connectivity index (χ0v) is 14.6. The van der Waals surface area contributed by atoms with Gasteiger partial charge in [-0.15, -0.1) is 0 Å². The van der Waals surface area contributed by atoms with Crippen molar-refractivity contribution in [1.29, 1.82) is 0 Å². The van der Waals surface area contributed by atoms with Crippen LogP contribution in [0.3, 0.4) is 0 Å². The number of aromatic nitrogens is 2. The van der Waals surface area contributed by atoms with E-state index in [9.17, 15) is 0 Å². The number of imidazole rings is 1. The van der Waals surface area contributed by atoms with E-state index in [1.54, 1.807) is 0 Å². The molecule has 3 nitrogen and oxygen atoms in total. The zero-order valence-electron chi connectivity index (χ0n) is 14.6. The van der Waals surface area contributed by atoms with Crippen molar-refractivity contribution < 1.29 is 0 Å². The third-order valence-corrected chi connectivity index (χ3v) is 3.77. The summed E-state index contributed by atoms with van der Waals surface area (Å²) in [6.07, 6.45) is 13.1. The second kappa shape index (κ2) is 10.7. The fraction of sp³-hybridized carbons (Fsp3) is 0.833. The molecule has 0 unspecified atom stereocenters. The Morgan fingerprint density at radius 2 is 1.67 bits per heavy atom. The number of nitrogens with one attached hydrogen (secondary N) is 1. The van der Waals surface area contributed by atoms with Crippen LogP contribution in [0.5, 0.6) is 0 Å². The molecule has 1 aromatic rings. The van der Waals surface area contributed by atoms with Gasteiger partial charge in [-0.25, -0.2) is 4.98 Å². The number of aryl methyl sites for hydroxylation is 1. The van der Waals surface area contributed by atoms with E-state index < -0.39 is 0 Å². The lowest BCUT2D eigenvalue weighted by molar-refractivity contribution is 0.525. The number of rotatable bonds is 12. The van der Waals surface area contributed by atoms with Gasteiger partial charge in [0.15, 0.2) is 0 Å². The Kier molecular flexibility index (Phi) is 9.20. The molecule has 0 bridgehead atoms. The monoisotopic (exact) mass is 293 g/mol. The van der Waals surface area contributed by atoms with Gasteiger partial charge in [0.1, 0.15) is 0 Å². The van der Waals surface area contributed by atoms with Gasteiger partial charge in [-0.2, -0.15) is 0 Å². The Labute approximate surface area is 131 Å². The standard InChI is InChI=1S/C18H35N3/c1-5-6-7-8-9-10-11-12-13-19-18-20-17(4)15-21(18)14-16(2)3/h15-16H,5-14H2,1-4H3,(H,19,20). The first kappa shape index (κ1) is 18.1. The SMILES string of the molecule is CCCCCCCCCCNc1nc(C)cn1CC(C)C. The fourth-order valence-electron chi connectivity index (χ4n) is 2.68. The second-order valence-corrected chi connectivity index (χ2v) is 6.65. The van der Waals surface area contributed by atoms with E-state index in [-0.39, 0.29) is 0 Å². The first-order valence-corrected chi connectivity index (χ1v) is 8.91. The highest BCUT2D eigenvalue weighted by Gasteiger charge is 2.06. The molecular formula is C18H35N3. The van der Waals surface area contributed by atoms with Crippen molar-refractivity contribution >= 4 is 5.95 Å². The van der Waals surface area contributed by atoms with Crippen LogP contribution in [0, 0.1) is 12.8 Å². The molecule has 0 saturated heterocycles. The van der Waals surface area contributed by atoms with E-state index in [2.05, 4.69) is 48.8 Å². The molecule has 1 aromatic heterocycles. The summed E-state index contributed by atoms with van der Waals surface area (Å²) < 4.78 is 2.25. The summed E-state index contributed by atoms with van der Waals surface area (Å²) >= 11 is 0. The highest BCUT2D eigenvalue weighted by atomic mass is 15.2. The van der Waals surface area contributed by atoms with Gasteiger partial charge >= 0.3 is 0 Å². The van der Waals surface area contributed by atoms with Crippen molar-refractivity contribution in [3.63, 3.8) is 0 Å². The molecule has 21 heavy (non-hydrogen) atoms. The second-order valence-electron chi connectivity index (χ2n) is 6.65. The molecule has 1 rings (SSSR count). The molecule has 0 radical (unpaired) electrons. The highest BCUT2D eigenvalue weighted by molar-refractivity contribution is 5.28. The zero-order chi connectivity index (χ0) is 15.5. The van der Waals surface area contributed by atoms with E-state index in [0.29, 0.717) is 5.92 Å². The van der Waals surface area contributed by atoms with E-state index >= 15 is 0 Å². The molecule has 0 amide bonds. The molecule has 122 valence electrons. The normalized spacial score (nSPS) is 11.3. The summed E-state index contributed by atoms with van der Waals surface area (Å²) in [5.41, 5.74) is 1.11. The van der Waals surface area contributed by atoms with Crippen LogP contribution in [0.25, 0.3) is 0 Å². The van der Waals surface area contributed by atoms with Gasteiger partial charge in [0.25, 0.3) is 0 Å². The lowest BCUT2D eigenvalue weighted by Gasteiger charge is -2.11. The third-order valence-electron chi connectivity index (χ3n) is 3.77. The minimum Gasteiger partial charge on any atom is -0.356 e. The highest BCUT2D eigenvalue weighted by Crippen LogP contribution is 2.12. The van der Waals surface area contributed by atoms with Crippen LogP contribution >= 0.6 is 0 Å². The molecule has 0 fully saturated rings. The van der Waals surface area contributed by atoms with Gasteiger partial charge in [-0.3, -0.25) is 0 Å². The van der Waals surface area contributed by atoms with Crippen LogP contribution in [0.15, 0.2) is 6.20 Å². The number of nitrogens with zero attached hydrogens (tertiary/aromatic N) is 2. The molecule has 0 aliphatic rings. The predicted molar refractivity (Wildman–Crippen MR) is 92.9 cm³/mol. The van der Waals surface area contributed by atoms with Crippen LogP contribution < -0.4 is 5.32 Å². The van der Waals surface area contributed by atoms with Crippen molar-refractivity contribution in [3.05, 3.63) is 11.9 Å². The Bertz CT molecular complexity index is 369. The number of hydrogen-bond acceptors (Lipinski definition) is 2. The maximum absolute atomic E-state index is 4.58. The Morgan fingerprint density at radius 1 is 1.05 bits per heavy atom. The largest absolute Gasteiger partial charge is 0.356 e. The Hall–Kier alpha value is -0.990. The summed E-state index contributed by atoms with van der Waals surface area (Å²) in [6.45, 7) is 10.9. The quantitative estimate of drug-likeness (QED) is 0.523. The van der Waals surface area contributed by atoms with Gasteiger partial charge in [-0.1, -0.05) is 65.7 Å². The third kappa shape index (κ3) is 8.13. The molecule has 1 heterocycles. The summed E-state index contributed by atoms with van der Waals surface area (Å²) in [5, 5.41) is 3.50. The first-order valence-electron chi connectivity index (χ1n) is 8.91. The predicted octanol–water partition coefficient (Wildman–Crippen LogP) is 5.40. The molecule has 3 heteroatoms. The summed E-state index contributed by atoms with van der Waals surface area (Å²) in [7, 11) is 0. The maximum atomic E-state index is 4.58. The minimum atomic E-state index is 0.655. The van der Waals surface area contributed by atoms with Gasteiger partial charge in [0.05, 0.1) is 5.69 Å². The molecular weight excluding hydrogens is 258 g/mol. The molecule has 0 atom stereocenters. The first-order chi connectivity index (χ1) is 10.1. The van der Waals surface area contributed by atoms with E-state index in [4.69, 9.17) is 0 Å². The van der Waals surface area contributed by atoms with Crippen LogP contribution in [-0.2, 0) is 6.54 Å². The van der Waals surface area contributed by atoms with Crippen molar-refractivity contribution in [2.45, 2.75) is 85.6 Å².